The standard InChI is InChI=1S/C31H29N7O/c1-21-13-15-38(16-14-21)31(39)36-27-7-4-6-26(18-27)34-29-17-23-5-2-3-8-28(23)30(37-29)35-25-11-9-22(10-12-25)24-19-32-33-20-24/h2-12,17-20H,1,13-16H2,(H,32,33)(H,36,39)(H2,34,35,37). The van der Waals surface area contributed by atoms with Gasteiger partial charge in [0.15, 0.2) is 0 Å². The van der Waals surface area contributed by atoms with Gasteiger partial charge in [-0.1, -0.05) is 54.6 Å². The third-order valence-electron chi connectivity index (χ3n) is 6.86. The molecular weight excluding hydrogens is 486 g/mol. The molecule has 0 aliphatic carbocycles. The van der Waals surface area contributed by atoms with Crippen LogP contribution in [0.2, 0.25) is 0 Å². The Morgan fingerprint density at radius 1 is 0.846 bits per heavy atom. The summed E-state index contributed by atoms with van der Waals surface area (Å²) >= 11 is 0. The Bertz CT molecular complexity index is 1620. The Morgan fingerprint density at radius 2 is 1.64 bits per heavy atom. The van der Waals surface area contributed by atoms with Crippen LogP contribution in [0.5, 0.6) is 0 Å². The van der Waals surface area contributed by atoms with Crippen LogP contribution in [0.15, 0.2) is 103 Å². The zero-order valence-electron chi connectivity index (χ0n) is 21.4. The normalized spacial score (nSPS) is 13.3. The van der Waals surface area contributed by atoms with Gasteiger partial charge in [-0.3, -0.25) is 5.10 Å². The van der Waals surface area contributed by atoms with Gasteiger partial charge in [0, 0.05) is 47.3 Å². The van der Waals surface area contributed by atoms with Crippen LogP contribution in [0.4, 0.5) is 33.5 Å². The molecule has 6 rings (SSSR count). The highest BCUT2D eigenvalue weighted by Crippen LogP contribution is 2.30. The number of nitrogens with one attached hydrogen (secondary N) is 4. The largest absolute Gasteiger partial charge is 0.340 e. The first kappa shape index (κ1) is 24.2. The predicted octanol–water partition coefficient (Wildman–Crippen LogP) is 7.30. The number of aromatic nitrogens is 3. The molecule has 3 aromatic carbocycles. The number of fused-ring (bicyclic) bond motifs is 1. The number of hydrogen-bond acceptors (Lipinski definition) is 5. The summed E-state index contributed by atoms with van der Waals surface area (Å²) in [5.74, 6) is 1.45. The second-order valence-corrected chi connectivity index (χ2v) is 9.64. The Balaban J connectivity index is 1.21. The quantitative estimate of drug-likeness (QED) is 0.178. The van der Waals surface area contributed by atoms with Gasteiger partial charge in [-0.25, -0.2) is 9.78 Å². The van der Waals surface area contributed by atoms with Crippen molar-refractivity contribution in [2.75, 3.05) is 29.0 Å². The first-order valence-corrected chi connectivity index (χ1v) is 13.0. The molecule has 0 saturated carbocycles. The first-order chi connectivity index (χ1) is 19.1. The van der Waals surface area contributed by atoms with Gasteiger partial charge in [0.05, 0.1) is 6.20 Å². The van der Waals surface area contributed by atoms with Crippen molar-refractivity contribution in [3.8, 4) is 11.1 Å². The van der Waals surface area contributed by atoms with E-state index in [1.54, 1.807) is 6.20 Å². The molecule has 0 atom stereocenters. The summed E-state index contributed by atoms with van der Waals surface area (Å²) < 4.78 is 0. The van der Waals surface area contributed by atoms with Crippen LogP contribution in [0.1, 0.15) is 12.8 Å². The van der Waals surface area contributed by atoms with Crippen molar-refractivity contribution in [1.29, 1.82) is 0 Å². The van der Waals surface area contributed by atoms with Crippen LogP contribution in [-0.2, 0) is 0 Å². The van der Waals surface area contributed by atoms with E-state index in [-0.39, 0.29) is 6.03 Å². The van der Waals surface area contributed by atoms with Crippen LogP contribution in [-0.4, -0.2) is 39.2 Å². The average molecular weight is 516 g/mol. The molecule has 0 unspecified atom stereocenters. The fourth-order valence-corrected chi connectivity index (χ4v) is 4.70. The van der Waals surface area contributed by atoms with E-state index in [1.807, 2.05) is 65.7 Å². The van der Waals surface area contributed by atoms with Crippen molar-refractivity contribution in [3.63, 3.8) is 0 Å². The lowest BCUT2D eigenvalue weighted by Crippen LogP contribution is -2.39. The fraction of sp³-hybridized carbons (Fsp3) is 0.129. The van der Waals surface area contributed by atoms with Gasteiger partial charge in [0.2, 0.25) is 0 Å². The maximum Gasteiger partial charge on any atom is 0.321 e. The van der Waals surface area contributed by atoms with Crippen LogP contribution < -0.4 is 16.0 Å². The first-order valence-electron chi connectivity index (χ1n) is 13.0. The van der Waals surface area contributed by atoms with E-state index in [0.717, 1.165) is 57.6 Å². The van der Waals surface area contributed by atoms with Crippen LogP contribution in [0.3, 0.4) is 0 Å². The summed E-state index contributed by atoms with van der Waals surface area (Å²) in [4.78, 5) is 19.5. The number of anilines is 5. The molecule has 4 N–H and O–H groups in total. The van der Waals surface area contributed by atoms with Gasteiger partial charge in [0.1, 0.15) is 11.6 Å². The average Bonchev–Trinajstić information content (AvgIpc) is 3.49. The summed E-state index contributed by atoms with van der Waals surface area (Å²) in [6.07, 6.45) is 5.39. The van der Waals surface area contributed by atoms with Crippen LogP contribution in [0, 0.1) is 0 Å². The van der Waals surface area contributed by atoms with E-state index in [4.69, 9.17) is 4.98 Å². The molecule has 2 amide bonds. The van der Waals surface area contributed by atoms with E-state index >= 15 is 0 Å². The Kier molecular flexibility index (Phi) is 6.66. The molecule has 1 saturated heterocycles. The second kappa shape index (κ2) is 10.7. The number of hydrogen-bond donors (Lipinski definition) is 4. The van der Waals surface area contributed by atoms with Gasteiger partial charge < -0.3 is 20.9 Å². The number of benzene rings is 3. The number of likely N-dealkylation sites (tertiary alicyclic amines) is 1. The minimum atomic E-state index is -0.0891. The molecule has 1 aliphatic rings. The molecular formula is C31H29N7O. The third kappa shape index (κ3) is 5.60. The number of piperidine rings is 1. The Labute approximate surface area is 226 Å². The summed E-state index contributed by atoms with van der Waals surface area (Å²) in [5.41, 5.74) is 5.82. The molecule has 8 heteroatoms. The summed E-state index contributed by atoms with van der Waals surface area (Å²) in [6, 6.07) is 25.9. The highest BCUT2D eigenvalue weighted by Gasteiger charge is 2.18. The van der Waals surface area contributed by atoms with Crippen LogP contribution in [0.25, 0.3) is 21.9 Å². The lowest BCUT2D eigenvalue weighted by molar-refractivity contribution is 0.207. The number of pyridine rings is 1. The predicted molar refractivity (Wildman–Crippen MR) is 158 cm³/mol. The van der Waals surface area contributed by atoms with Gasteiger partial charge in [-0.15, -0.1) is 0 Å². The number of urea groups is 1. The molecule has 1 aliphatic heterocycles. The molecule has 3 heterocycles. The number of nitrogens with zero attached hydrogens (tertiary/aromatic N) is 3. The van der Waals surface area contributed by atoms with Gasteiger partial charge in [-0.05, 0) is 60.2 Å². The summed E-state index contributed by atoms with van der Waals surface area (Å²) in [7, 11) is 0. The molecule has 0 radical (unpaired) electrons. The van der Waals surface area contributed by atoms with Gasteiger partial charge >= 0.3 is 6.03 Å². The minimum absolute atomic E-state index is 0.0891. The van der Waals surface area contributed by atoms with Crippen molar-refractivity contribution in [1.82, 2.24) is 20.1 Å². The SMILES string of the molecule is C=C1CCN(C(=O)Nc2cccc(Nc3cc4ccccc4c(Nc4ccc(-c5cn[nH]c5)cc4)n3)c2)CC1. The van der Waals surface area contributed by atoms with Crippen LogP contribution >= 0.6 is 0 Å². The third-order valence-corrected chi connectivity index (χ3v) is 6.86. The lowest BCUT2D eigenvalue weighted by Gasteiger charge is -2.28. The summed E-state index contributed by atoms with van der Waals surface area (Å²) in [6.45, 7) is 5.42. The molecule has 39 heavy (non-hydrogen) atoms. The maximum atomic E-state index is 12.7. The topological polar surface area (TPSA) is 98.0 Å². The molecule has 1 fully saturated rings. The van der Waals surface area contributed by atoms with Gasteiger partial charge in [0.25, 0.3) is 0 Å². The second-order valence-electron chi connectivity index (χ2n) is 9.64. The van der Waals surface area contributed by atoms with Gasteiger partial charge in [-0.2, -0.15) is 5.10 Å². The van der Waals surface area contributed by atoms with E-state index in [9.17, 15) is 4.79 Å². The summed E-state index contributed by atoms with van der Waals surface area (Å²) in [5, 5.41) is 18.9. The molecule has 5 aromatic rings. The maximum absolute atomic E-state index is 12.7. The number of amides is 2. The van der Waals surface area contributed by atoms with Crippen molar-refractivity contribution in [2.24, 2.45) is 0 Å². The van der Waals surface area contributed by atoms with E-state index in [1.165, 1.54) is 5.57 Å². The number of aromatic amines is 1. The zero-order valence-corrected chi connectivity index (χ0v) is 21.4. The van der Waals surface area contributed by atoms with E-state index in [2.05, 4.69) is 57.0 Å². The molecule has 194 valence electrons. The molecule has 8 nitrogen and oxygen atoms in total. The fourth-order valence-electron chi connectivity index (χ4n) is 4.70. The van der Waals surface area contributed by atoms with E-state index < -0.39 is 0 Å². The van der Waals surface area contributed by atoms with Crippen molar-refractivity contribution in [2.45, 2.75) is 12.8 Å². The number of H-pyrrole nitrogens is 1. The number of rotatable bonds is 6. The highest BCUT2D eigenvalue weighted by atomic mass is 16.2. The highest BCUT2D eigenvalue weighted by molar-refractivity contribution is 5.96. The Hall–Kier alpha value is -5.11. The van der Waals surface area contributed by atoms with Crippen molar-refractivity contribution < 1.29 is 4.79 Å². The minimum Gasteiger partial charge on any atom is -0.340 e. The molecule has 0 spiro atoms. The zero-order chi connectivity index (χ0) is 26.6. The van der Waals surface area contributed by atoms with Crippen molar-refractivity contribution >= 4 is 45.5 Å². The number of carbonyl (C=O) groups is 1. The smallest absolute Gasteiger partial charge is 0.321 e. The van der Waals surface area contributed by atoms with E-state index in [0.29, 0.717) is 18.9 Å². The number of carbonyl (C=O) groups excluding carboxylic acids is 1. The molecule has 0 bridgehead atoms. The molecule has 2 aromatic heterocycles. The Morgan fingerprint density at radius 3 is 2.44 bits per heavy atom. The van der Waals surface area contributed by atoms with Crippen molar-refractivity contribution in [3.05, 3.63) is 103 Å². The monoisotopic (exact) mass is 515 g/mol. The lowest BCUT2D eigenvalue weighted by atomic mass is 10.1.